The van der Waals surface area contributed by atoms with Crippen LogP contribution in [-0.2, 0) is 19.2 Å². The molecule has 3 unspecified atom stereocenters. The molecule has 150 valence electrons. The highest BCUT2D eigenvalue weighted by molar-refractivity contribution is 5.92. The van der Waals surface area contributed by atoms with Gasteiger partial charge in [0.25, 0.3) is 0 Å². The molecular formula is C16H31N5O5. The largest absolute Gasteiger partial charge is 0.480 e. The number of aliphatic carboxylic acids is 1. The van der Waals surface area contributed by atoms with Gasteiger partial charge in [0.15, 0.2) is 0 Å². The first-order valence-electron chi connectivity index (χ1n) is 8.75. The van der Waals surface area contributed by atoms with Gasteiger partial charge in [-0.15, -0.1) is 0 Å². The topological polar surface area (TPSA) is 177 Å². The van der Waals surface area contributed by atoms with Gasteiger partial charge in [0.05, 0.1) is 12.6 Å². The maximum atomic E-state index is 12.3. The molecular weight excluding hydrogens is 342 g/mol. The lowest BCUT2D eigenvalue weighted by atomic mass is 9.97. The van der Waals surface area contributed by atoms with Gasteiger partial charge in [0.2, 0.25) is 17.7 Å². The van der Waals surface area contributed by atoms with E-state index in [9.17, 15) is 19.2 Å². The second-order valence-corrected chi connectivity index (χ2v) is 6.15. The van der Waals surface area contributed by atoms with Crippen molar-refractivity contribution < 1.29 is 24.3 Å². The van der Waals surface area contributed by atoms with E-state index < -0.39 is 42.3 Å². The van der Waals surface area contributed by atoms with E-state index in [0.29, 0.717) is 19.4 Å². The first-order chi connectivity index (χ1) is 12.2. The van der Waals surface area contributed by atoms with Crippen molar-refractivity contribution in [3.63, 3.8) is 0 Å². The van der Waals surface area contributed by atoms with Crippen LogP contribution in [0.1, 0.15) is 39.5 Å². The molecule has 26 heavy (non-hydrogen) atoms. The molecule has 0 aliphatic rings. The molecule has 0 aromatic rings. The third-order valence-corrected chi connectivity index (χ3v) is 3.96. The van der Waals surface area contributed by atoms with Gasteiger partial charge in [-0.05, 0) is 25.3 Å². The smallest absolute Gasteiger partial charge is 0.322 e. The van der Waals surface area contributed by atoms with Gasteiger partial charge in [-0.3, -0.25) is 19.2 Å². The van der Waals surface area contributed by atoms with E-state index >= 15 is 0 Å². The minimum absolute atomic E-state index is 0.169. The molecule has 10 nitrogen and oxygen atoms in total. The molecule has 0 saturated carbocycles. The van der Waals surface area contributed by atoms with Crippen LogP contribution in [0.2, 0.25) is 0 Å². The number of carboxylic acids is 1. The number of hydrogen-bond donors (Lipinski definition) is 6. The Hall–Kier alpha value is -2.20. The average Bonchev–Trinajstić information content (AvgIpc) is 2.61. The van der Waals surface area contributed by atoms with E-state index in [1.165, 1.54) is 0 Å². The van der Waals surface area contributed by atoms with Crippen LogP contribution in [0.4, 0.5) is 0 Å². The minimum Gasteiger partial charge on any atom is -0.480 e. The van der Waals surface area contributed by atoms with E-state index in [-0.39, 0.29) is 12.5 Å². The summed E-state index contributed by atoms with van der Waals surface area (Å²) in [7, 11) is 0. The standard InChI is InChI=1S/C16H31N5O5/c1-3-10(2)14(21-15(25)11(18)6-4-5-7-17)16(26)20-8-12(22)19-9-13(23)24/h10-11,14H,3-9,17-18H2,1-2H3,(H,19,22)(H,20,26)(H,21,25)(H,23,24). The molecule has 3 atom stereocenters. The molecule has 0 aliphatic carbocycles. The molecule has 8 N–H and O–H groups in total. The molecule has 0 heterocycles. The summed E-state index contributed by atoms with van der Waals surface area (Å²) in [5.41, 5.74) is 11.2. The normalized spacial score (nSPS) is 14.0. The van der Waals surface area contributed by atoms with Crippen LogP contribution in [0.5, 0.6) is 0 Å². The number of carbonyl (C=O) groups excluding carboxylic acids is 3. The third kappa shape index (κ3) is 9.94. The molecule has 0 saturated heterocycles. The minimum atomic E-state index is -1.18. The van der Waals surface area contributed by atoms with Crippen molar-refractivity contribution in [3.05, 3.63) is 0 Å². The summed E-state index contributed by atoms with van der Waals surface area (Å²) >= 11 is 0. The fourth-order valence-electron chi connectivity index (χ4n) is 2.12. The Bertz CT molecular complexity index is 486. The van der Waals surface area contributed by atoms with Crippen LogP contribution in [0.25, 0.3) is 0 Å². The van der Waals surface area contributed by atoms with Crippen LogP contribution in [-0.4, -0.2) is 60.5 Å². The number of unbranched alkanes of at least 4 members (excludes halogenated alkanes) is 1. The van der Waals surface area contributed by atoms with E-state index in [4.69, 9.17) is 16.6 Å². The molecule has 0 bridgehead atoms. The van der Waals surface area contributed by atoms with E-state index in [0.717, 1.165) is 12.8 Å². The zero-order chi connectivity index (χ0) is 20.1. The molecule has 10 heteroatoms. The van der Waals surface area contributed by atoms with Crippen LogP contribution < -0.4 is 27.4 Å². The summed E-state index contributed by atoms with van der Waals surface area (Å²) in [6.45, 7) is 3.29. The van der Waals surface area contributed by atoms with E-state index in [1.54, 1.807) is 6.92 Å². The highest BCUT2D eigenvalue weighted by Gasteiger charge is 2.27. The molecule has 0 rings (SSSR count). The van der Waals surface area contributed by atoms with Crippen molar-refractivity contribution in [1.82, 2.24) is 16.0 Å². The predicted molar refractivity (Wildman–Crippen MR) is 95.9 cm³/mol. The molecule has 0 fully saturated rings. The van der Waals surface area contributed by atoms with Gasteiger partial charge in [0.1, 0.15) is 12.6 Å². The fourth-order valence-corrected chi connectivity index (χ4v) is 2.12. The zero-order valence-corrected chi connectivity index (χ0v) is 15.4. The Morgan fingerprint density at radius 3 is 2.23 bits per heavy atom. The number of carboxylic acid groups (broad SMARTS) is 1. The lowest BCUT2D eigenvalue weighted by molar-refractivity contribution is -0.138. The lowest BCUT2D eigenvalue weighted by Crippen LogP contribution is -2.55. The maximum Gasteiger partial charge on any atom is 0.322 e. The Balaban J connectivity index is 4.62. The van der Waals surface area contributed by atoms with E-state index in [2.05, 4.69) is 16.0 Å². The van der Waals surface area contributed by atoms with Crippen LogP contribution in [0, 0.1) is 5.92 Å². The number of nitrogens with one attached hydrogen (secondary N) is 3. The number of nitrogens with two attached hydrogens (primary N) is 2. The SMILES string of the molecule is CCC(C)C(NC(=O)C(N)CCCCN)C(=O)NCC(=O)NCC(=O)O. The van der Waals surface area contributed by atoms with Crippen molar-refractivity contribution in [3.8, 4) is 0 Å². The van der Waals surface area contributed by atoms with Crippen LogP contribution in [0.15, 0.2) is 0 Å². The highest BCUT2D eigenvalue weighted by Crippen LogP contribution is 2.09. The first kappa shape index (κ1) is 23.8. The van der Waals surface area contributed by atoms with Gasteiger partial charge < -0.3 is 32.5 Å². The Labute approximate surface area is 153 Å². The Morgan fingerprint density at radius 2 is 1.69 bits per heavy atom. The second-order valence-electron chi connectivity index (χ2n) is 6.15. The third-order valence-electron chi connectivity index (χ3n) is 3.96. The number of amides is 3. The second kappa shape index (κ2) is 13.1. The van der Waals surface area contributed by atoms with Crippen molar-refractivity contribution in [2.75, 3.05) is 19.6 Å². The quantitative estimate of drug-likeness (QED) is 0.208. The fraction of sp³-hybridized carbons (Fsp3) is 0.750. The molecule has 0 radical (unpaired) electrons. The van der Waals surface area contributed by atoms with Gasteiger partial charge >= 0.3 is 5.97 Å². The van der Waals surface area contributed by atoms with Crippen molar-refractivity contribution >= 4 is 23.7 Å². The van der Waals surface area contributed by atoms with Gasteiger partial charge in [-0.1, -0.05) is 26.7 Å². The summed E-state index contributed by atoms with van der Waals surface area (Å²) in [5.74, 6) is -2.94. The molecule has 0 aromatic heterocycles. The lowest BCUT2D eigenvalue weighted by Gasteiger charge is -2.25. The van der Waals surface area contributed by atoms with Gasteiger partial charge in [-0.2, -0.15) is 0 Å². The van der Waals surface area contributed by atoms with Crippen molar-refractivity contribution in [2.45, 2.75) is 51.6 Å². The van der Waals surface area contributed by atoms with Crippen molar-refractivity contribution in [2.24, 2.45) is 17.4 Å². The molecule has 0 spiro atoms. The summed E-state index contributed by atoms with van der Waals surface area (Å²) in [4.78, 5) is 46.4. The first-order valence-corrected chi connectivity index (χ1v) is 8.75. The summed E-state index contributed by atoms with van der Waals surface area (Å²) in [6.07, 6.45) is 2.58. The summed E-state index contributed by atoms with van der Waals surface area (Å²) < 4.78 is 0. The van der Waals surface area contributed by atoms with Crippen molar-refractivity contribution in [1.29, 1.82) is 0 Å². The zero-order valence-electron chi connectivity index (χ0n) is 15.4. The average molecular weight is 373 g/mol. The maximum absolute atomic E-state index is 12.3. The number of carbonyl (C=O) groups is 4. The number of rotatable bonds is 13. The van der Waals surface area contributed by atoms with Gasteiger partial charge in [-0.25, -0.2) is 0 Å². The summed E-state index contributed by atoms with van der Waals surface area (Å²) in [6, 6.07) is -1.57. The van der Waals surface area contributed by atoms with Gasteiger partial charge in [0, 0.05) is 0 Å². The van der Waals surface area contributed by atoms with Crippen LogP contribution >= 0.6 is 0 Å². The van der Waals surface area contributed by atoms with Crippen LogP contribution in [0.3, 0.4) is 0 Å². The van der Waals surface area contributed by atoms with E-state index in [1.807, 2.05) is 6.92 Å². The molecule has 0 aromatic carbocycles. The predicted octanol–water partition coefficient (Wildman–Crippen LogP) is -1.71. The monoisotopic (exact) mass is 373 g/mol. The highest BCUT2D eigenvalue weighted by atomic mass is 16.4. The summed E-state index contributed by atoms with van der Waals surface area (Å²) in [5, 5.41) is 15.7. The molecule has 3 amide bonds. The Morgan fingerprint density at radius 1 is 1.04 bits per heavy atom. The Kier molecular flexibility index (Phi) is 12.0. The number of hydrogen-bond acceptors (Lipinski definition) is 6. The molecule has 0 aliphatic heterocycles.